The molecular weight excluding hydrogens is 334 g/mol. The first-order valence-corrected chi connectivity index (χ1v) is 9.83. The molecule has 0 fully saturated rings. The topological polar surface area (TPSA) is 29.5 Å². The highest BCUT2D eigenvalue weighted by Gasteiger charge is 2.41. The van der Waals surface area contributed by atoms with Crippen LogP contribution >= 0.6 is 0 Å². The monoisotopic (exact) mass is 361 g/mol. The molecule has 4 rings (SSSR count). The molecule has 140 valence electrons. The third-order valence-corrected chi connectivity index (χ3v) is 6.16. The molecule has 1 amide bonds. The Morgan fingerprint density at radius 3 is 2.56 bits per heavy atom. The fourth-order valence-electron chi connectivity index (χ4n) is 4.54. The van der Waals surface area contributed by atoms with Gasteiger partial charge in [0.05, 0.1) is 12.5 Å². The van der Waals surface area contributed by atoms with Crippen LogP contribution in [-0.4, -0.2) is 31.0 Å². The smallest absolute Gasteiger partial charge is 0.233 e. The quantitative estimate of drug-likeness (QED) is 0.799. The second-order valence-electron chi connectivity index (χ2n) is 7.80. The van der Waals surface area contributed by atoms with Crippen LogP contribution in [0, 0.1) is 0 Å². The highest BCUT2D eigenvalue weighted by Crippen LogP contribution is 2.39. The van der Waals surface area contributed by atoms with E-state index in [-0.39, 0.29) is 11.3 Å². The van der Waals surface area contributed by atoms with Crippen LogP contribution < -0.4 is 4.74 Å². The van der Waals surface area contributed by atoms with Gasteiger partial charge in [-0.1, -0.05) is 42.5 Å². The fourth-order valence-corrected chi connectivity index (χ4v) is 4.54. The zero-order chi connectivity index (χ0) is 18.9. The van der Waals surface area contributed by atoms with Gasteiger partial charge in [-0.25, -0.2) is 0 Å². The molecule has 2 aromatic rings. The van der Waals surface area contributed by atoms with Gasteiger partial charge in [0, 0.05) is 13.1 Å². The van der Waals surface area contributed by atoms with Crippen molar-refractivity contribution in [1.82, 2.24) is 4.90 Å². The van der Waals surface area contributed by atoms with Crippen molar-refractivity contribution in [2.45, 2.75) is 38.0 Å². The Labute approximate surface area is 161 Å². The van der Waals surface area contributed by atoms with E-state index >= 15 is 0 Å². The summed E-state index contributed by atoms with van der Waals surface area (Å²) in [5.74, 6) is 1.15. The Hall–Kier alpha value is -2.55. The lowest BCUT2D eigenvalue weighted by molar-refractivity contribution is -0.137. The largest absolute Gasteiger partial charge is 0.497 e. The average molecular weight is 361 g/mol. The molecule has 1 aliphatic heterocycles. The van der Waals surface area contributed by atoms with Crippen LogP contribution in [0.3, 0.4) is 0 Å². The minimum absolute atomic E-state index is 0.277. The Balaban J connectivity index is 1.52. The molecule has 2 aromatic carbocycles. The van der Waals surface area contributed by atoms with E-state index in [4.69, 9.17) is 4.74 Å². The summed E-state index contributed by atoms with van der Waals surface area (Å²) < 4.78 is 5.24. The Morgan fingerprint density at radius 2 is 1.85 bits per heavy atom. The summed E-state index contributed by atoms with van der Waals surface area (Å²) in [6, 6.07) is 16.7. The van der Waals surface area contributed by atoms with Gasteiger partial charge in [0.25, 0.3) is 0 Å². The maximum absolute atomic E-state index is 13.4. The summed E-state index contributed by atoms with van der Waals surface area (Å²) in [5, 5.41) is 0. The van der Waals surface area contributed by atoms with Gasteiger partial charge < -0.3 is 9.64 Å². The number of fused-ring (bicyclic) bond motifs is 1. The molecular formula is C24H27NO2. The second kappa shape index (κ2) is 7.22. The summed E-state index contributed by atoms with van der Waals surface area (Å²) in [6.45, 7) is 3.61. The Morgan fingerprint density at radius 1 is 1.07 bits per heavy atom. The van der Waals surface area contributed by atoms with Gasteiger partial charge in [-0.3, -0.25) is 4.79 Å². The summed E-state index contributed by atoms with van der Waals surface area (Å²) in [4.78, 5) is 15.5. The number of carbonyl (C=O) groups excluding carboxylic acids is 1. The number of carbonyl (C=O) groups is 1. The molecule has 0 saturated carbocycles. The van der Waals surface area contributed by atoms with Crippen LogP contribution in [0.2, 0.25) is 0 Å². The van der Waals surface area contributed by atoms with Gasteiger partial charge >= 0.3 is 0 Å². The van der Waals surface area contributed by atoms with Gasteiger partial charge in [0.15, 0.2) is 0 Å². The molecule has 1 aliphatic carbocycles. The maximum Gasteiger partial charge on any atom is 0.233 e. The number of hydrogen-bond acceptors (Lipinski definition) is 2. The molecule has 0 radical (unpaired) electrons. The van der Waals surface area contributed by atoms with Crippen LogP contribution in [0.15, 0.2) is 54.6 Å². The van der Waals surface area contributed by atoms with Crippen molar-refractivity contribution in [3.8, 4) is 5.75 Å². The average Bonchev–Trinajstić information content (AvgIpc) is 2.74. The highest BCUT2D eigenvalue weighted by atomic mass is 16.5. The minimum atomic E-state index is -0.389. The van der Waals surface area contributed by atoms with Crippen molar-refractivity contribution in [2.75, 3.05) is 20.2 Å². The van der Waals surface area contributed by atoms with Crippen LogP contribution in [0.4, 0.5) is 0 Å². The van der Waals surface area contributed by atoms with E-state index in [1.807, 2.05) is 17.0 Å². The first-order chi connectivity index (χ1) is 13.1. The molecule has 3 nitrogen and oxygen atoms in total. The third kappa shape index (κ3) is 3.27. The van der Waals surface area contributed by atoms with Crippen molar-refractivity contribution in [2.24, 2.45) is 0 Å². The number of aryl methyl sites for hydroxylation is 1. The number of benzene rings is 2. The maximum atomic E-state index is 13.4. The Bertz CT molecular complexity index is 868. The van der Waals surface area contributed by atoms with Crippen LogP contribution in [-0.2, 0) is 16.6 Å². The van der Waals surface area contributed by atoms with Crippen molar-refractivity contribution in [1.29, 1.82) is 0 Å². The molecule has 0 aromatic heterocycles. The number of nitrogens with zero attached hydrogens (tertiary/aromatic N) is 1. The highest BCUT2D eigenvalue weighted by molar-refractivity contribution is 5.89. The number of amides is 1. The molecule has 3 heteroatoms. The van der Waals surface area contributed by atoms with E-state index < -0.39 is 0 Å². The Kier molecular flexibility index (Phi) is 4.77. The molecule has 0 unspecified atom stereocenters. The third-order valence-electron chi connectivity index (χ3n) is 6.16. The lowest BCUT2D eigenvalue weighted by Gasteiger charge is -2.39. The zero-order valence-electron chi connectivity index (χ0n) is 16.2. The summed E-state index contributed by atoms with van der Waals surface area (Å²) in [7, 11) is 1.68. The number of methoxy groups -OCH3 is 1. The molecule has 1 heterocycles. The van der Waals surface area contributed by atoms with E-state index in [0.717, 1.165) is 38.0 Å². The summed E-state index contributed by atoms with van der Waals surface area (Å²) >= 11 is 0. The predicted octanol–water partition coefficient (Wildman–Crippen LogP) is 4.61. The van der Waals surface area contributed by atoms with Crippen molar-refractivity contribution in [3.05, 3.63) is 71.3 Å². The molecule has 2 aliphatic rings. The molecule has 0 N–H and O–H groups in total. The van der Waals surface area contributed by atoms with E-state index in [9.17, 15) is 4.79 Å². The van der Waals surface area contributed by atoms with Crippen molar-refractivity contribution in [3.63, 3.8) is 0 Å². The fraction of sp³-hybridized carbons (Fsp3) is 0.375. The minimum Gasteiger partial charge on any atom is -0.497 e. The number of ether oxygens (including phenoxy) is 1. The van der Waals surface area contributed by atoms with Gasteiger partial charge in [0.2, 0.25) is 5.91 Å². The lowest BCUT2D eigenvalue weighted by atomic mass is 9.70. The molecule has 0 bridgehead atoms. The van der Waals surface area contributed by atoms with Gasteiger partial charge in [-0.05, 0) is 67.0 Å². The predicted molar refractivity (Wildman–Crippen MR) is 109 cm³/mol. The first-order valence-electron chi connectivity index (χ1n) is 9.83. The van der Waals surface area contributed by atoms with Crippen molar-refractivity contribution < 1.29 is 9.53 Å². The molecule has 27 heavy (non-hydrogen) atoms. The second-order valence-corrected chi connectivity index (χ2v) is 7.80. The standard InChI is InChI=1S/C24H27NO2/c1-24(15-5-7-20-6-3-4-8-22(20)24)23(26)25-16-13-19(14-17-25)18-9-11-21(27-2)12-10-18/h3-4,6,8-13H,5,7,14-17H2,1-2H3/t24-/m0/s1. The van der Waals surface area contributed by atoms with E-state index in [1.165, 1.54) is 22.3 Å². The zero-order valence-corrected chi connectivity index (χ0v) is 16.2. The van der Waals surface area contributed by atoms with Crippen molar-refractivity contribution >= 4 is 11.5 Å². The first kappa shape index (κ1) is 17.8. The van der Waals surface area contributed by atoms with Gasteiger partial charge in [-0.2, -0.15) is 0 Å². The SMILES string of the molecule is COc1ccc(C2=CCN(C(=O)[C@@]3(C)CCCc4ccccc43)CC2)cc1. The molecule has 1 atom stereocenters. The summed E-state index contributed by atoms with van der Waals surface area (Å²) in [6.07, 6.45) is 6.21. The van der Waals surface area contributed by atoms with E-state index in [1.54, 1.807) is 7.11 Å². The van der Waals surface area contributed by atoms with Crippen LogP contribution in [0.25, 0.3) is 5.57 Å². The van der Waals surface area contributed by atoms with Crippen LogP contribution in [0.5, 0.6) is 5.75 Å². The number of hydrogen-bond donors (Lipinski definition) is 0. The van der Waals surface area contributed by atoms with E-state index in [2.05, 4.69) is 49.4 Å². The van der Waals surface area contributed by atoms with E-state index in [0.29, 0.717) is 6.54 Å². The lowest BCUT2D eigenvalue weighted by Crippen LogP contribution is -2.48. The molecule has 0 spiro atoms. The molecule has 0 saturated heterocycles. The summed E-state index contributed by atoms with van der Waals surface area (Å²) in [5.41, 5.74) is 4.71. The van der Waals surface area contributed by atoms with Gasteiger partial charge in [-0.15, -0.1) is 0 Å². The normalized spacial score (nSPS) is 22.0. The number of rotatable bonds is 3. The van der Waals surface area contributed by atoms with Gasteiger partial charge in [0.1, 0.15) is 5.75 Å². The van der Waals surface area contributed by atoms with Crippen LogP contribution in [0.1, 0.15) is 42.9 Å².